The molecule has 2 rings (SSSR count). The van der Waals surface area contributed by atoms with Crippen LogP contribution in [0.5, 0.6) is 5.75 Å². The molecule has 0 N–H and O–H groups in total. The second-order valence-electron chi connectivity index (χ2n) is 13.3. The Morgan fingerprint density at radius 1 is 0.906 bits per heavy atom. The van der Waals surface area contributed by atoms with Gasteiger partial charge in [0, 0.05) is 0 Å². The molecule has 5 heteroatoms. The van der Waals surface area contributed by atoms with E-state index in [2.05, 4.69) is 104 Å². The fraction of sp³-hybridized carbons (Fsp3) is 0.630. The molecule has 1 aromatic carbocycles. The molecule has 32 heavy (non-hydrogen) atoms. The Morgan fingerprint density at radius 3 is 1.88 bits per heavy atom. The first kappa shape index (κ1) is 28.6. The SMILES string of the molecule is COc1c(C(C)(C)C)cc(C)cc1[Si](C)(C)C1=[C]([Lu]([CH2][Si](C)(C)C)[CH2][Si](C)(C)C)C=CC1. The van der Waals surface area contributed by atoms with E-state index in [9.17, 15) is 0 Å². The maximum absolute atomic E-state index is 6.18. The number of hydrogen-bond acceptors (Lipinski definition) is 1. The van der Waals surface area contributed by atoms with Gasteiger partial charge in [-0.25, -0.2) is 0 Å². The van der Waals surface area contributed by atoms with Gasteiger partial charge in [-0.3, -0.25) is 0 Å². The summed E-state index contributed by atoms with van der Waals surface area (Å²) < 4.78 is 11.0. The molecule has 0 aliphatic heterocycles. The van der Waals surface area contributed by atoms with E-state index in [1.54, 1.807) is 5.20 Å². The van der Waals surface area contributed by atoms with Crippen LogP contribution in [0, 0.1) is 38.0 Å². The molecule has 0 unspecified atom stereocenters. The first-order chi connectivity index (χ1) is 14.4. The molecule has 1 aliphatic rings. The van der Waals surface area contributed by atoms with Gasteiger partial charge in [0.05, 0.1) is 0 Å². The molecule has 190 valence electrons. The van der Waals surface area contributed by atoms with Crippen molar-refractivity contribution in [1.82, 2.24) is 0 Å². The first-order valence-electron chi connectivity index (χ1n) is 11.9. The average Bonchev–Trinajstić information content (AvgIpc) is 3.07. The maximum atomic E-state index is 6.18. The van der Waals surface area contributed by atoms with E-state index in [0.717, 1.165) is 12.2 Å². The van der Waals surface area contributed by atoms with Crippen molar-refractivity contribution in [3.63, 3.8) is 0 Å². The molecule has 0 aromatic heterocycles. The van der Waals surface area contributed by atoms with Crippen molar-refractivity contribution in [3.8, 4) is 5.75 Å². The van der Waals surface area contributed by atoms with Crippen LogP contribution in [0.2, 0.25) is 56.9 Å². The summed E-state index contributed by atoms with van der Waals surface area (Å²) in [4.78, 5) is 0. The van der Waals surface area contributed by atoms with Gasteiger partial charge in [-0.05, 0) is 0 Å². The fourth-order valence-corrected chi connectivity index (χ4v) is 29.0. The Balaban J connectivity index is 2.71. The summed E-state index contributed by atoms with van der Waals surface area (Å²) in [7, 11) is -2.25. The van der Waals surface area contributed by atoms with Crippen LogP contribution in [0.1, 0.15) is 38.3 Å². The molecule has 1 nitrogen and oxygen atoms in total. The zero-order chi connectivity index (χ0) is 24.7. The van der Waals surface area contributed by atoms with Crippen molar-refractivity contribution < 1.29 is 35.9 Å². The fourth-order valence-electron chi connectivity index (χ4n) is 4.11. The zero-order valence-electron chi connectivity index (χ0n) is 23.1. The Hall–Kier alpha value is 0.384. The Bertz CT molecular complexity index is 877. The molecule has 0 amide bonds. The second-order valence-corrected chi connectivity index (χ2v) is 34.7. The van der Waals surface area contributed by atoms with Crippen LogP contribution in [-0.4, -0.2) is 31.3 Å². The zero-order valence-corrected chi connectivity index (χ0v) is 27.8. The van der Waals surface area contributed by atoms with Crippen LogP contribution >= 0.6 is 0 Å². The van der Waals surface area contributed by atoms with Gasteiger partial charge in [0.25, 0.3) is 0 Å². The third-order valence-corrected chi connectivity index (χ3v) is 27.9. The topological polar surface area (TPSA) is 9.23 Å². The minimum atomic E-state index is -1.88. The van der Waals surface area contributed by atoms with Gasteiger partial charge in [0.1, 0.15) is 0 Å². The molecule has 0 atom stereocenters. The normalized spacial score (nSPS) is 16.1. The Morgan fingerprint density at radius 2 is 1.44 bits per heavy atom. The molecule has 0 radical (unpaired) electrons. The minimum absolute atomic E-state index is 0.0763. The van der Waals surface area contributed by atoms with E-state index in [1.807, 2.05) is 8.90 Å². The van der Waals surface area contributed by atoms with Crippen LogP contribution in [0.25, 0.3) is 0 Å². The molecule has 0 saturated carbocycles. The second kappa shape index (κ2) is 10.2. The van der Waals surface area contributed by atoms with Crippen LogP contribution in [0.15, 0.2) is 31.3 Å². The summed E-state index contributed by atoms with van der Waals surface area (Å²) in [5, 5.41) is 3.31. The molecule has 0 saturated heterocycles. The molecule has 0 heterocycles. The molecule has 0 bridgehead atoms. The van der Waals surface area contributed by atoms with E-state index < -0.39 is 55.3 Å². The van der Waals surface area contributed by atoms with Crippen molar-refractivity contribution >= 4 is 29.4 Å². The van der Waals surface area contributed by atoms with Gasteiger partial charge in [-0.2, -0.15) is 0 Å². The third-order valence-electron chi connectivity index (χ3n) is 5.46. The summed E-state index contributed by atoms with van der Waals surface area (Å²) >= 11 is -0.646. The Labute approximate surface area is 215 Å². The number of hydrogen-bond donors (Lipinski definition) is 0. The molecule has 0 spiro atoms. The van der Waals surface area contributed by atoms with Crippen molar-refractivity contribution in [2.75, 3.05) is 7.11 Å². The van der Waals surface area contributed by atoms with Gasteiger partial charge in [0.15, 0.2) is 0 Å². The predicted octanol–water partition coefficient (Wildman–Crippen LogP) is 8.18. The van der Waals surface area contributed by atoms with Gasteiger partial charge < -0.3 is 0 Å². The standard InChI is InChI=1S/C19H27OSi.2C4H11Si.Lu/c1-14-12-16(19(2,3)4)18(20-5)17(13-14)21(6,7)15-10-8-9-11-15;2*1-5(2,3)4;/h8-9,12-13H,10H2,1-7H3;2*1H2,2-4H3;. The number of ether oxygens (including phenoxy) is 1. The summed E-state index contributed by atoms with van der Waals surface area (Å²) in [5.74, 6) is 1.16. The van der Waals surface area contributed by atoms with E-state index in [4.69, 9.17) is 4.74 Å². The Kier molecular flexibility index (Phi) is 9.09. The summed E-state index contributed by atoms with van der Waals surface area (Å²) in [5.41, 5.74) is 2.81. The van der Waals surface area contributed by atoms with Crippen LogP contribution in [-0.2, 0) is 5.41 Å². The van der Waals surface area contributed by atoms with Crippen LogP contribution < -0.4 is 9.92 Å². The van der Waals surface area contributed by atoms with E-state index in [1.165, 1.54) is 20.8 Å². The number of aryl methyl sites for hydroxylation is 1. The van der Waals surface area contributed by atoms with E-state index in [0.29, 0.717) is 0 Å². The van der Waals surface area contributed by atoms with Gasteiger partial charge in [-0.15, -0.1) is 0 Å². The number of allylic oxidation sites excluding steroid dienone is 4. The van der Waals surface area contributed by atoms with Gasteiger partial charge in [0.2, 0.25) is 0 Å². The number of methoxy groups -OCH3 is 1. The van der Waals surface area contributed by atoms with Crippen molar-refractivity contribution in [2.45, 2.75) is 96.4 Å². The quantitative estimate of drug-likeness (QED) is 0.259. The molecular formula is C27H49LuOSi3. The van der Waals surface area contributed by atoms with Crippen molar-refractivity contribution in [2.24, 2.45) is 0 Å². The van der Waals surface area contributed by atoms with Crippen molar-refractivity contribution in [3.05, 3.63) is 42.4 Å². The average molecular weight is 649 g/mol. The number of benzene rings is 1. The van der Waals surface area contributed by atoms with E-state index >= 15 is 0 Å². The third kappa shape index (κ3) is 7.20. The van der Waals surface area contributed by atoms with Crippen LogP contribution in [0.3, 0.4) is 0 Å². The number of rotatable bonds is 8. The predicted molar refractivity (Wildman–Crippen MR) is 151 cm³/mol. The molecule has 0 fully saturated rings. The first-order valence-corrected chi connectivity index (χ1v) is 25.4. The summed E-state index contributed by atoms with van der Waals surface area (Å²) in [6, 6.07) is 4.80. The summed E-state index contributed by atoms with van der Waals surface area (Å²) in [6.07, 6.45) is 6.20. The molecule has 1 aromatic rings. The van der Waals surface area contributed by atoms with Crippen molar-refractivity contribution in [1.29, 1.82) is 0 Å². The molecule has 1 aliphatic carbocycles. The molecular weight excluding hydrogens is 600 g/mol. The van der Waals surface area contributed by atoms with E-state index in [-0.39, 0.29) is 5.41 Å². The van der Waals surface area contributed by atoms with Crippen LogP contribution in [0.4, 0.5) is 0 Å². The monoisotopic (exact) mass is 648 g/mol. The van der Waals surface area contributed by atoms with Gasteiger partial charge >= 0.3 is 217 Å². The van der Waals surface area contributed by atoms with Gasteiger partial charge in [-0.1, -0.05) is 0 Å². The summed E-state index contributed by atoms with van der Waals surface area (Å²) in [6.45, 7) is 29.8.